The van der Waals surface area contributed by atoms with Crippen molar-refractivity contribution in [2.75, 3.05) is 5.32 Å². The van der Waals surface area contributed by atoms with Gasteiger partial charge in [0.05, 0.1) is 5.54 Å². The van der Waals surface area contributed by atoms with E-state index in [1.807, 2.05) is 18.3 Å². The van der Waals surface area contributed by atoms with Crippen LogP contribution in [0.1, 0.15) is 18.4 Å². The third-order valence-electron chi connectivity index (χ3n) is 3.13. The third-order valence-corrected chi connectivity index (χ3v) is 3.56. The Bertz CT molecular complexity index is 570. The van der Waals surface area contributed by atoms with Crippen molar-refractivity contribution in [2.45, 2.75) is 18.4 Å². The van der Waals surface area contributed by atoms with Crippen molar-refractivity contribution in [1.29, 1.82) is 0 Å². The zero-order valence-corrected chi connectivity index (χ0v) is 11.1. The molecule has 0 aliphatic heterocycles. The largest absolute Gasteiger partial charge is 0.358 e. The second-order valence-electron chi connectivity index (χ2n) is 4.43. The van der Waals surface area contributed by atoms with E-state index in [-0.39, 0.29) is 11.4 Å². The Morgan fingerprint density at radius 2 is 2.17 bits per heavy atom. The molecule has 2 aromatic heterocycles. The van der Waals surface area contributed by atoms with Gasteiger partial charge >= 0.3 is 0 Å². The standard InChI is InChI=1S/C13H11BrFN3/c14-10-6-11(15)12(17-8-10)18-13(3-4-13)9-2-1-5-16-7-9/h1-2,5-8H,3-4H2,(H,17,18). The highest BCUT2D eigenvalue weighted by atomic mass is 79.9. The first-order valence-corrected chi connectivity index (χ1v) is 6.49. The minimum absolute atomic E-state index is 0.198. The fourth-order valence-corrected chi connectivity index (χ4v) is 2.29. The highest BCUT2D eigenvalue weighted by Gasteiger charge is 2.45. The number of nitrogens with zero attached hydrogens (tertiary/aromatic N) is 2. The first-order valence-electron chi connectivity index (χ1n) is 5.69. The summed E-state index contributed by atoms with van der Waals surface area (Å²) in [4.78, 5) is 8.18. The maximum absolute atomic E-state index is 13.8. The van der Waals surface area contributed by atoms with Gasteiger partial charge in [-0.25, -0.2) is 9.37 Å². The predicted molar refractivity (Wildman–Crippen MR) is 70.7 cm³/mol. The number of nitrogens with one attached hydrogen (secondary N) is 1. The van der Waals surface area contributed by atoms with E-state index in [1.165, 1.54) is 6.07 Å². The van der Waals surface area contributed by atoms with Crippen LogP contribution >= 0.6 is 15.9 Å². The van der Waals surface area contributed by atoms with Crippen molar-refractivity contribution in [3.05, 3.63) is 52.6 Å². The second kappa shape index (κ2) is 4.31. The van der Waals surface area contributed by atoms with Crippen molar-refractivity contribution < 1.29 is 4.39 Å². The number of hydrogen-bond donors (Lipinski definition) is 1. The minimum Gasteiger partial charge on any atom is -0.358 e. The van der Waals surface area contributed by atoms with Crippen molar-refractivity contribution in [3.8, 4) is 0 Å². The van der Waals surface area contributed by atoms with Crippen molar-refractivity contribution in [1.82, 2.24) is 9.97 Å². The topological polar surface area (TPSA) is 37.8 Å². The molecule has 0 unspecified atom stereocenters. The van der Waals surface area contributed by atoms with E-state index in [0.717, 1.165) is 18.4 Å². The summed E-state index contributed by atoms with van der Waals surface area (Å²) in [5.41, 5.74) is 0.879. The van der Waals surface area contributed by atoms with Crippen LogP contribution in [0.2, 0.25) is 0 Å². The Balaban J connectivity index is 1.89. The summed E-state index contributed by atoms with van der Waals surface area (Å²) in [6.45, 7) is 0. The Labute approximate surface area is 113 Å². The zero-order valence-electron chi connectivity index (χ0n) is 9.53. The highest BCUT2D eigenvalue weighted by molar-refractivity contribution is 9.10. The molecule has 5 heteroatoms. The Hall–Kier alpha value is -1.49. The maximum Gasteiger partial charge on any atom is 0.166 e. The number of halogens is 2. The van der Waals surface area contributed by atoms with Gasteiger partial charge in [-0.05, 0) is 46.5 Å². The monoisotopic (exact) mass is 307 g/mol. The lowest BCUT2D eigenvalue weighted by molar-refractivity contribution is 0.617. The lowest BCUT2D eigenvalue weighted by Gasteiger charge is -2.18. The molecular weight excluding hydrogens is 297 g/mol. The van der Waals surface area contributed by atoms with Gasteiger partial charge in [-0.1, -0.05) is 6.07 Å². The summed E-state index contributed by atoms with van der Waals surface area (Å²) in [7, 11) is 0. The molecule has 3 rings (SSSR count). The molecule has 1 aliphatic carbocycles. The van der Waals surface area contributed by atoms with Crippen LogP contribution in [0.15, 0.2) is 41.3 Å². The molecule has 0 bridgehead atoms. The van der Waals surface area contributed by atoms with Crippen LogP contribution in [0.25, 0.3) is 0 Å². The molecule has 0 amide bonds. The molecule has 1 aliphatic rings. The summed E-state index contributed by atoms with van der Waals surface area (Å²) in [6, 6.07) is 5.31. The van der Waals surface area contributed by atoms with Crippen LogP contribution in [-0.4, -0.2) is 9.97 Å². The number of pyridine rings is 2. The smallest absolute Gasteiger partial charge is 0.166 e. The van der Waals surface area contributed by atoms with Gasteiger partial charge in [0.25, 0.3) is 0 Å². The van der Waals surface area contributed by atoms with Crippen LogP contribution in [-0.2, 0) is 5.54 Å². The van der Waals surface area contributed by atoms with Crippen molar-refractivity contribution in [3.63, 3.8) is 0 Å². The van der Waals surface area contributed by atoms with Gasteiger partial charge in [0.1, 0.15) is 0 Å². The Morgan fingerprint density at radius 3 is 2.78 bits per heavy atom. The predicted octanol–water partition coefficient (Wildman–Crippen LogP) is 3.48. The molecule has 3 nitrogen and oxygen atoms in total. The quantitative estimate of drug-likeness (QED) is 0.943. The molecule has 2 aromatic rings. The van der Waals surface area contributed by atoms with Gasteiger partial charge in [0.2, 0.25) is 0 Å². The molecule has 2 heterocycles. The molecule has 1 saturated carbocycles. The zero-order chi connectivity index (χ0) is 12.6. The van der Waals surface area contributed by atoms with Crippen LogP contribution in [0.5, 0.6) is 0 Å². The average Bonchev–Trinajstić information content (AvgIpc) is 3.15. The minimum atomic E-state index is -0.348. The molecule has 0 spiro atoms. The number of rotatable bonds is 3. The van der Waals surface area contributed by atoms with E-state index in [9.17, 15) is 4.39 Å². The summed E-state index contributed by atoms with van der Waals surface area (Å²) in [5, 5.41) is 3.19. The van der Waals surface area contributed by atoms with E-state index < -0.39 is 0 Å². The van der Waals surface area contributed by atoms with E-state index in [4.69, 9.17) is 0 Å². The van der Waals surface area contributed by atoms with E-state index >= 15 is 0 Å². The maximum atomic E-state index is 13.8. The molecule has 0 aromatic carbocycles. The highest BCUT2D eigenvalue weighted by Crippen LogP contribution is 2.47. The summed E-state index contributed by atoms with van der Waals surface area (Å²) >= 11 is 3.20. The van der Waals surface area contributed by atoms with Crippen LogP contribution < -0.4 is 5.32 Å². The van der Waals surface area contributed by atoms with Gasteiger partial charge in [-0.15, -0.1) is 0 Å². The Kier molecular flexibility index (Phi) is 2.78. The Morgan fingerprint density at radius 1 is 1.33 bits per heavy atom. The van der Waals surface area contributed by atoms with Crippen LogP contribution in [0, 0.1) is 5.82 Å². The SMILES string of the molecule is Fc1cc(Br)cnc1NC1(c2cccnc2)CC1. The van der Waals surface area contributed by atoms with Crippen LogP contribution in [0.3, 0.4) is 0 Å². The van der Waals surface area contributed by atoms with Gasteiger partial charge in [-0.3, -0.25) is 4.98 Å². The van der Waals surface area contributed by atoms with Crippen molar-refractivity contribution >= 4 is 21.7 Å². The molecular formula is C13H11BrFN3. The molecule has 1 fully saturated rings. The van der Waals surface area contributed by atoms with Gasteiger partial charge in [0, 0.05) is 23.1 Å². The van der Waals surface area contributed by atoms with Crippen LogP contribution in [0.4, 0.5) is 10.2 Å². The summed E-state index contributed by atoms with van der Waals surface area (Å²) < 4.78 is 14.4. The number of aromatic nitrogens is 2. The lowest BCUT2D eigenvalue weighted by Crippen LogP contribution is -2.20. The fourth-order valence-electron chi connectivity index (χ4n) is 1.99. The molecule has 0 radical (unpaired) electrons. The summed E-state index contributed by atoms with van der Waals surface area (Å²) in [6.07, 6.45) is 7.07. The van der Waals surface area contributed by atoms with Crippen molar-refractivity contribution in [2.24, 2.45) is 0 Å². The lowest BCUT2D eigenvalue weighted by atomic mass is 10.1. The molecule has 92 valence electrons. The fraction of sp³-hybridized carbons (Fsp3) is 0.231. The first kappa shape index (κ1) is 11.6. The molecule has 0 atom stereocenters. The third kappa shape index (κ3) is 2.10. The van der Waals surface area contributed by atoms with Gasteiger partial charge in [-0.2, -0.15) is 0 Å². The molecule has 1 N–H and O–H groups in total. The average molecular weight is 308 g/mol. The first-order chi connectivity index (χ1) is 8.70. The van der Waals surface area contributed by atoms with Gasteiger partial charge in [0.15, 0.2) is 11.6 Å². The van der Waals surface area contributed by atoms with Gasteiger partial charge < -0.3 is 5.32 Å². The number of anilines is 1. The number of hydrogen-bond acceptors (Lipinski definition) is 3. The second-order valence-corrected chi connectivity index (χ2v) is 5.35. The van der Waals surface area contributed by atoms with E-state index in [0.29, 0.717) is 10.3 Å². The molecule has 0 saturated heterocycles. The molecule has 18 heavy (non-hydrogen) atoms. The summed E-state index contributed by atoms with van der Waals surface area (Å²) in [5.74, 6) is -0.0564. The van der Waals surface area contributed by atoms with E-state index in [1.54, 1.807) is 12.4 Å². The normalized spacial score (nSPS) is 16.3. The van der Waals surface area contributed by atoms with E-state index in [2.05, 4.69) is 31.2 Å².